The first-order valence-corrected chi connectivity index (χ1v) is 5.88. The van der Waals surface area contributed by atoms with Crippen LogP contribution in [0.15, 0.2) is 18.2 Å². The SMILES string of the molecule is CN(CC(N)=O)Cc1ccc(F)cc1C#CCCO. The molecule has 0 saturated heterocycles. The Hall–Kier alpha value is -1.90. The Balaban J connectivity index is 2.88. The van der Waals surface area contributed by atoms with E-state index in [4.69, 9.17) is 10.8 Å². The second kappa shape index (κ2) is 7.52. The van der Waals surface area contributed by atoms with Crippen molar-refractivity contribution in [2.24, 2.45) is 5.73 Å². The second-order valence-electron chi connectivity index (χ2n) is 4.22. The zero-order valence-electron chi connectivity index (χ0n) is 10.8. The topological polar surface area (TPSA) is 66.6 Å². The number of hydrogen-bond acceptors (Lipinski definition) is 3. The lowest BCUT2D eigenvalue weighted by Gasteiger charge is -2.15. The van der Waals surface area contributed by atoms with Crippen molar-refractivity contribution in [1.82, 2.24) is 4.90 Å². The Morgan fingerprint density at radius 3 is 2.89 bits per heavy atom. The quantitative estimate of drug-likeness (QED) is 0.760. The third kappa shape index (κ3) is 5.51. The fourth-order valence-corrected chi connectivity index (χ4v) is 1.63. The fraction of sp³-hybridized carbons (Fsp3) is 0.357. The highest BCUT2D eigenvalue weighted by Gasteiger charge is 2.07. The maximum Gasteiger partial charge on any atom is 0.231 e. The number of aliphatic hydroxyl groups excluding tert-OH is 1. The molecule has 0 aromatic heterocycles. The summed E-state index contributed by atoms with van der Waals surface area (Å²) in [6, 6.07) is 4.33. The summed E-state index contributed by atoms with van der Waals surface area (Å²) in [5, 5.41) is 8.68. The molecule has 19 heavy (non-hydrogen) atoms. The Morgan fingerprint density at radius 1 is 1.53 bits per heavy atom. The third-order valence-corrected chi connectivity index (χ3v) is 2.40. The molecule has 0 radical (unpaired) electrons. The van der Waals surface area contributed by atoms with Crippen molar-refractivity contribution in [3.63, 3.8) is 0 Å². The first kappa shape index (κ1) is 15.2. The smallest absolute Gasteiger partial charge is 0.231 e. The summed E-state index contributed by atoms with van der Waals surface area (Å²) in [6.07, 6.45) is 0.340. The van der Waals surface area contributed by atoms with Gasteiger partial charge in [-0.1, -0.05) is 17.9 Å². The van der Waals surface area contributed by atoms with E-state index < -0.39 is 5.91 Å². The number of benzene rings is 1. The molecule has 0 spiro atoms. The molecule has 0 bridgehead atoms. The van der Waals surface area contributed by atoms with E-state index in [1.807, 2.05) is 0 Å². The normalized spacial score (nSPS) is 10.1. The molecule has 0 unspecified atom stereocenters. The molecular weight excluding hydrogens is 247 g/mol. The Labute approximate surface area is 112 Å². The minimum Gasteiger partial charge on any atom is -0.395 e. The summed E-state index contributed by atoms with van der Waals surface area (Å²) in [6.45, 7) is 0.548. The number of nitrogens with zero attached hydrogens (tertiary/aromatic N) is 1. The van der Waals surface area contributed by atoms with Crippen molar-refractivity contribution >= 4 is 5.91 Å². The van der Waals surface area contributed by atoms with Gasteiger partial charge in [-0.15, -0.1) is 0 Å². The third-order valence-electron chi connectivity index (χ3n) is 2.40. The lowest BCUT2D eigenvalue weighted by molar-refractivity contribution is -0.118. The van der Waals surface area contributed by atoms with Gasteiger partial charge in [-0.2, -0.15) is 0 Å². The summed E-state index contributed by atoms with van der Waals surface area (Å²) in [4.78, 5) is 12.5. The molecule has 0 aliphatic carbocycles. The molecule has 4 nitrogen and oxygen atoms in total. The monoisotopic (exact) mass is 264 g/mol. The van der Waals surface area contributed by atoms with Gasteiger partial charge in [0.1, 0.15) is 5.82 Å². The predicted molar refractivity (Wildman–Crippen MR) is 70.5 cm³/mol. The minimum atomic E-state index is -0.419. The van der Waals surface area contributed by atoms with E-state index in [-0.39, 0.29) is 19.0 Å². The molecule has 102 valence electrons. The van der Waals surface area contributed by atoms with Crippen molar-refractivity contribution < 1.29 is 14.3 Å². The van der Waals surface area contributed by atoms with Crippen molar-refractivity contribution in [2.75, 3.05) is 20.2 Å². The molecule has 0 fully saturated rings. The van der Waals surface area contributed by atoms with Crippen LogP contribution in [0, 0.1) is 17.7 Å². The summed E-state index contributed by atoms with van der Waals surface area (Å²) < 4.78 is 13.2. The molecule has 1 aromatic carbocycles. The van der Waals surface area contributed by atoms with Crippen molar-refractivity contribution in [3.8, 4) is 11.8 Å². The molecule has 0 heterocycles. The minimum absolute atomic E-state index is 0.0285. The van der Waals surface area contributed by atoms with Crippen molar-refractivity contribution in [1.29, 1.82) is 0 Å². The first-order chi connectivity index (χ1) is 9.02. The van der Waals surface area contributed by atoms with Crippen LogP contribution in [0.1, 0.15) is 17.5 Å². The van der Waals surface area contributed by atoms with Crippen LogP contribution in [-0.2, 0) is 11.3 Å². The zero-order chi connectivity index (χ0) is 14.3. The zero-order valence-corrected chi connectivity index (χ0v) is 10.8. The lowest BCUT2D eigenvalue weighted by atomic mass is 10.1. The molecule has 3 N–H and O–H groups in total. The largest absolute Gasteiger partial charge is 0.395 e. The summed E-state index contributed by atoms with van der Waals surface area (Å²) in [7, 11) is 1.75. The number of amides is 1. The highest BCUT2D eigenvalue weighted by molar-refractivity contribution is 5.75. The molecular formula is C14H17FN2O2. The molecule has 1 rings (SSSR count). The number of nitrogens with two attached hydrogens (primary N) is 1. The van der Waals surface area contributed by atoms with Crippen LogP contribution in [0.3, 0.4) is 0 Å². The molecule has 1 aromatic rings. The Kier molecular flexibility index (Phi) is 6.00. The molecule has 0 aliphatic rings. The van der Waals surface area contributed by atoms with Gasteiger partial charge in [0.25, 0.3) is 0 Å². The molecule has 1 amide bonds. The van der Waals surface area contributed by atoms with Crippen molar-refractivity contribution in [3.05, 3.63) is 35.1 Å². The van der Waals surface area contributed by atoms with Crippen LogP contribution < -0.4 is 5.73 Å². The van der Waals surface area contributed by atoms with E-state index >= 15 is 0 Å². The van der Waals surface area contributed by atoms with Crippen LogP contribution in [0.4, 0.5) is 4.39 Å². The van der Waals surface area contributed by atoms with Crippen LogP contribution in [-0.4, -0.2) is 36.1 Å². The predicted octanol–water partition coefficient (Wildman–Crippen LogP) is 0.477. The standard InChI is InChI=1S/C14H17FN2O2/c1-17(10-14(16)19)9-12-5-6-13(15)8-11(12)4-2-3-7-18/h5-6,8,18H,3,7,9-10H2,1H3,(H2,16,19). The van der Waals surface area contributed by atoms with Gasteiger partial charge in [0.05, 0.1) is 13.2 Å². The van der Waals surface area contributed by atoms with Crippen LogP contribution in [0.2, 0.25) is 0 Å². The van der Waals surface area contributed by atoms with Crippen LogP contribution >= 0.6 is 0 Å². The Morgan fingerprint density at radius 2 is 2.26 bits per heavy atom. The van der Waals surface area contributed by atoms with Crippen LogP contribution in [0.25, 0.3) is 0 Å². The number of rotatable bonds is 5. The number of hydrogen-bond donors (Lipinski definition) is 2. The summed E-state index contributed by atoms with van der Waals surface area (Å²) in [5.41, 5.74) is 6.49. The number of carbonyl (C=O) groups excluding carboxylic acids is 1. The number of carbonyl (C=O) groups is 1. The van der Waals surface area contributed by atoms with Gasteiger partial charge in [-0.05, 0) is 24.7 Å². The molecule has 5 heteroatoms. The van der Waals surface area contributed by atoms with E-state index in [1.165, 1.54) is 12.1 Å². The number of primary amides is 1. The van der Waals surface area contributed by atoms with Crippen molar-refractivity contribution in [2.45, 2.75) is 13.0 Å². The van der Waals surface area contributed by atoms with E-state index in [0.717, 1.165) is 5.56 Å². The van der Waals surface area contributed by atoms with Gasteiger partial charge in [-0.25, -0.2) is 4.39 Å². The van der Waals surface area contributed by atoms with Gasteiger partial charge in [-0.3, -0.25) is 9.69 Å². The molecule has 0 atom stereocenters. The average molecular weight is 264 g/mol. The van der Waals surface area contributed by atoms with Crippen LogP contribution in [0.5, 0.6) is 0 Å². The van der Waals surface area contributed by atoms with E-state index in [9.17, 15) is 9.18 Å². The van der Waals surface area contributed by atoms with Gasteiger partial charge in [0, 0.05) is 18.5 Å². The van der Waals surface area contributed by atoms with Gasteiger partial charge in [0.2, 0.25) is 5.91 Å². The van der Waals surface area contributed by atoms with E-state index in [2.05, 4.69) is 11.8 Å². The maximum atomic E-state index is 13.2. The van der Waals surface area contributed by atoms with Gasteiger partial charge >= 0.3 is 0 Å². The summed E-state index contributed by atoms with van der Waals surface area (Å²) in [5.74, 6) is 4.79. The highest BCUT2D eigenvalue weighted by Crippen LogP contribution is 2.12. The van der Waals surface area contributed by atoms with Gasteiger partial charge < -0.3 is 10.8 Å². The second-order valence-corrected chi connectivity index (χ2v) is 4.22. The average Bonchev–Trinajstić information content (AvgIpc) is 2.32. The highest BCUT2D eigenvalue weighted by atomic mass is 19.1. The van der Waals surface area contributed by atoms with E-state index in [1.54, 1.807) is 18.0 Å². The summed E-state index contributed by atoms with van der Waals surface area (Å²) >= 11 is 0. The molecule has 0 aliphatic heterocycles. The Bertz CT molecular complexity index is 506. The van der Waals surface area contributed by atoms with Gasteiger partial charge in [0.15, 0.2) is 0 Å². The number of halogens is 1. The number of likely N-dealkylation sites (N-methyl/N-ethyl adjacent to an activating group) is 1. The fourth-order valence-electron chi connectivity index (χ4n) is 1.63. The lowest BCUT2D eigenvalue weighted by Crippen LogP contribution is -2.30. The number of aliphatic hydroxyl groups is 1. The molecule has 0 saturated carbocycles. The maximum absolute atomic E-state index is 13.2. The van der Waals surface area contributed by atoms with E-state index in [0.29, 0.717) is 18.5 Å². The first-order valence-electron chi connectivity index (χ1n) is 5.88.